The first kappa shape index (κ1) is 9.45. The maximum absolute atomic E-state index is 4.68. The van der Waals surface area contributed by atoms with Crippen LogP contribution in [-0.4, -0.2) is 11.8 Å². The fourth-order valence-corrected chi connectivity index (χ4v) is 2.25. The van der Waals surface area contributed by atoms with Crippen molar-refractivity contribution in [2.75, 3.05) is 0 Å². The highest BCUT2D eigenvalue weighted by Crippen LogP contribution is 2.30. The molecule has 0 saturated carbocycles. The lowest BCUT2D eigenvalue weighted by molar-refractivity contribution is 0.692. The first-order valence-corrected chi connectivity index (χ1v) is 5.42. The van der Waals surface area contributed by atoms with Gasteiger partial charge in [0.1, 0.15) is 0 Å². The maximum atomic E-state index is 4.68. The second kappa shape index (κ2) is 3.95. The van der Waals surface area contributed by atoms with Crippen LogP contribution in [0.15, 0.2) is 35.3 Å². The van der Waals surface area contributed by atoms with E-state index in [0.29, 0.717) is 12.0 Å². The van der Waals surface area contributed by atoms with E-state index in [1.807, 2.05) is 0 Å². The van der Waals surface area contributed by atoms with Crippen LogP contribution in [0, 0.1) is 0 Å². The highest BCUT2D eigenvalue weighted by atomic mass is 14.8. The number of hydrogen-bond acceptors (Lipinski definition) is 1. The van der Waals surface area contributed by atoms with E-state index in [2.05, 4.69) is 49.2 Å². The number of nitrogens with zero attached hydrogens (tertiary/aromatic N) is 1. The minimum Gasteiger partial charge on any atom is -0.290 e. The highest BCUT2D eigenvalue weighted by molar-refractivity contribution is 5.92. The molecule has 1 aliphatic heterocycles. The van der Waals surface area contributed by atoms with Crippen molar-refractivity contribution in [2.24, 2.45) is 4.99 Å². The van der Waals surface area contributed by atoms with Gasteiger partial charge in [0.25, 0.3) is 0 Å². The highest BCUT2D eigenvalue weighted by Gasteiger charge is 2.25. The molecule has 2 rings (SSSR count). The molecule has 0 bridgehead atoms. The van der Waals surface area contributed by atoms with Gasteiger partial charge in [0, 0.05) is 17.7 Å². The van der Waals surface area contributed by atoms with E-state index in [9.17, 15) is 0 Å². The largest absolute Gasteiger partial charge is 0.290 e. The fraction of sp³-hybridized carbons (Fsp3) is 0.462. The molecular formula is C13H17N. The van der Waals surface area contributed by atoms with Crippen molar-refractivity contribution in [3.8, 4) is 0 Å². The summed E-state index contributed by atoms with van der Waals surface area (Å²) >= 11 is 0. The zero-order chi connectivity index (χ0) is 9.97. The monoisotopic (exact) mass is 187 g/mol. The van der Waals surface area contributed by atoms with Gasteiger partial charge in [0.15, 0.2) is 0 Å². The van der Waals surface area contributed by atoms with Gasteiger partial charge < -0.3 is 0 Å². The van der Waals surface area contributed by atoms with Gasteiger partial charge in [0.2, 0.25) is 0 Å². The molecule has 1 heteroatoms. The molecule has 0 unspecified atom stereocenters. The third-order valence-electron chi connectivity index (χ3n) is 2.93. The molecule has 2 atom stereocenters. The summed E-state index contributed by atoms with van der Waals surface area (Å²) in [6.45, 7) is 4.41. The SMILES string of the molecule is CCC1=N[C@@H](C)C[C@@H]1c1ccccc1. The van der Waals surface area contributed by atoms with Crippen molar-refractivity contribution in [3.05, 3.63) is 35.9 Å². The van der Waals surface area contributed by atoms with Crippen molar-refractivity contribution in [2.45, 2.75) is 38.6 Å². The van der Waals surface area contributed by atoms with Gasteiger partial charge in [-0.15, -0.1) is 0 Å². The third-order valence-corrected chi connectivity index (χ3v) is 2.93. The van der Waals surface area contributed by atoms with E-state index in [1.165, 1.54) is 17.7 Å². The number of rotatable bonds is 2. The smallest absolute Gasteiger partial charge is 0.0480 e. The van der Waals surface area contributed by atoms with E-state index in [0.717, 1.165) is 6.42 Å². The Morgan fingerprint density at radius 2 is 2.00 bits per heavy atom. The van der Waals surface area contributed by atoms with Crippen molar-refractivity contribution in [3.63, 3.8) is 0 Å². The Morgan fingerprint density at radius 1 is 1.29 bits per heavy atom. The molecule has 0 amide bonds. The van der Waals surface area contributed by atoms with E-state index >= 15 is 0 Å². The Kier molecular flexibility index (Phi) is 2.67. The Morgan fingerprint density at radius 3 is 2.64 bits per heavy atom. The van der Waals surface area contributed by atoms with Gasteiger partial charge in [-0.05, 0) is 25.3 Å². The summed E-state index contributed by atoms with van der Waals surface area (Å²) in [5.41, 5.74) is 2.81. The van der Waals surface area contributed by atoms with Crippen LogP contribution >= 0.6 is 0 Å². The first-order valence-electron chi connectivity index (χ1n) is 5.42. The molecule has 0 N–H and O–H groups in total. The van der Waals surface area contributed by atoms with Gasteiger partial charge in [-0.25, -0.2) is 0 Å². The Labute approximate surface area is 85.9 Å². The van der Waals surface area contributed by atoms with Crippen LogP contribution in [0.3, 0.4) is 0 Å². The van der Waals surface area contributed by atoms with E-state index in [-0.39, 0.29) is 0 Å². The molecule has 0 radical (unpaired) electrons. The number of aliphatic imine (C=N–C) groups is 1. The second-order valence-corrected chi connectivity index (χ2v) is 4.02. The summed E-state index contributed by atoms with van der Waals surface area (Å²) in [6, 6.07) is 11.2. The molecule has 1 heterocycles. The van der Waals surface area contributed by atoms with Crippen molar-refractivity contribution >= 4 is 5.71 Å². The molecule has 0 fully saturated rings. The molecule has 1 nitrogen and oxygen atoms in total. The van der Waals surface area contributed by atoms with Crippen LogP contribution in [0.5, 0.6) is 0 Å². The van der Waals surface area contributed by atoms with E-state index in [1.54, 1.807) is 0 Å². The average Bonchev–Trinajstić information content (AvgIpc) is 2.61. The van der Waals surface area contributed by atoms with Gasteiger partial charge in [-0.1, -0.05) is 37.3 Å². The summed E-state index contributed by atoms with van der Waals surface area (Å²) in [6.07, 6.45) is 2.27. The lowest BCUT2D eigenvalue weighted by Gasteiger charge is -2.12. The minimum absolute atomic E-state index is 0.509. The molecule has 1 aliphatic rings. The Hall–Kier alpha value is -1.11. The van der Waals surface area contributed by atoms with Crippen molar-refractivity contribution in [1.82, 2.24) is 0 Å². The standard InChI is InChI=1S/C13H17N/c1-3-13-12(9-10(2)14-13)11-7-5-4-6-8-11/h4-8,10,12H,3,9H2,1-2H3/t10-,12+/m0/s1. The molecule has 0 saturated heterocycles. The second-order valence-electron chi connectivity index (χ2n) is 4.02. The maximum Gasteiger partial charge on any atom is 0.0480 e. The summed E-state index contributed by atoms with van der Waals surface area (Å²) in [7, 11) is 0. The molecule has 74 valence electrons. The van der Waals surface area contributed by atoms with Crippen LogP contribution < -0.4 is 0 Å². The predicted molar refractivity (Wildman–Crippen MR) is 61.0 cm³/mol. The quantitative estimate of drug-likeness (QED) is 0.672. The molecule has 0 aromatic heterocycles. The molecule has 1 aromatic carbocycles. The molecular weight excluding hydrogens is 170 g/mol. The van der Waals surface area contributed by atoms with Crippen LogP contribution in [0.4, 0.5) is 0 Å². The predicted octanol–water partition coefficient (Wildman–Crippen LogP) is 3.41. The third kappa shape index (κ3) is 1.72. The van der Waals surface area contributed by atoms with Gasteiger partial charge in [0.05, 0.1) is 0 Å². The summed E-state index contributed by atoms with van der Waals surface area (Å²) in [5, 5.41) is 0. The van der Waals surface area contributed by atoms with Gasteiger partial charge >= 0.3 is 0 Å². The number of hydrogen-bond donors (Lipinski definition) is 0. The summed E-state index contributed by atoms with van der Waals surface area (Å²) in [5.74, 6) is 0.580. The lowest BCUT2D eigenvalue weighted by atomic mass is 9.90. The summed E-state index contributed by atoms with van der Waals surface area (Å²) < 4.78 is 0. The molecule has 0 spiro atoms. The van der Waals surface area contributed by atoms with Gasteiger partial charge in [-0.2, -0.15) is 0 Å². The topological polar surface area (TPSA) is 12.4 Å². The lowest BCUT2D eigenvalue weighted by Crippen LogP contribution is -2.06. The van der Waals surface area contributed by atoms with Gasteiger partial charge in [-0.3, -0.25) is 4.99 Å². The zero-order valence-electron chi connectivity index (χ0n) is 8.90. The normalized spacial score (nSPS) is 26.3. The van der Waals surface area contributed by atoms with Crippen LogP contribution in [-0.2, 0) is 0 Å². The van der Waals surface area contributed by atoms with Crippen LogP contribution in [0.25, 0.3) is 0 Å². The van der Waals surface area contributed by atoms with E-state index < -0.39 is 0 Å². The van der Waals surface area contributed by atoms with Crippen molar-refractivity contribution in [1.29, 1.82) is 0 Å². The Bertz CT molecular complexity index is 326. The molecule has 1 aromatic rings. The summed E-state index contributed by atoms with van der Waals surface area (Å²) in [4.78, 5) is 4.68. The van der Waals surface area contributed by atoms with E-state index in [4.69, 9.17) is 0 Å². The minimum atomic E-state index is 0.509. The van der Waals surface area contributed by atoms with Crippen LogP contribution in [0.1, 0.15) is 38.2 Å². The average molecular weight is 187 g/mol. The molecule has 14 heavy (non-hydrogen) atoms. The Balaban J connectivity index is 2.25. The zero-order valence-corrected chi connectivity index (χ0v) is 8.90. The van der Waals surface area contributed by atoms with Crippen molar-refractivity contribution < 1.29 is 0 Å². The number of benzene rings is 1. The fourth-order valence-electron chi connectivity index (χ4n) is 2.25. The first-order chi connectivity index (χ1) is 6.81. The molecule has 0 aliphatic carbocycles. The van der Waals surface area contributed by atoms with Crippen LogP contribution in [0.2, 0.25) is 0 Å².